The Labute approximate surface area is 310 Å². The van der Waals surface area contributed by atoms with Crippen LogP contribution in [0.1, 0.15) is 30.7 Å². The zero-order chi connectivity index (χ0) is 39.1. The minimum Gasteiger partial charge on any atom is -0.506 e. The van der Waals surface area contributed by atoms with Crippen LogP contribution in [0.2, 0.25) is 0 Å². The van der Waals surface area contributed by atoms with Gasteiger partial charge in [-0.05, 0) is 53.6 Å². The number of fused-ring (bicyclic) bond motifs is 2. The van der Waals surface area contributed by atoms with Crippen molar-refractivity contribution in [2.24, 2.45) is 0 Å². The van der Waals surface area contributed by atoms with Gasteiger partial charge in [0.2, 0.25) is 24.1 Å². The minimum atomic E-state index is -4.38. The van der Waals surface area contributed by atoms with Gasteiger partial charge in [-0.25, -0.2) is 22.2 Å². The van der Waals surface area contributed by atoms with Crippen LogP contribution in [-0.4, -0.2) is 102 Å². The number of aromatic nitrogens is 2. The Balaban J connectivity index is 0.947. The maximum absolute atomic E-state index is 15.8. The van der Waals surface area contributed by atoms with E-state index in [9.17, 15) is 37.8 Å². The first-order chi connectivity index (χ1) is 26.0. The summed E-state index contributed by atoms with van der Waals surface area (Å²) in [6.45, 7) is -1.85. The molecule has 3 saturated heterocycles. The van der Waals surface area contributed by atoms with Crippen LogP contribution in [0, 0.1) is 5.82 Å². The number of phenolic OH excluding ortho intramolecular Hbond substituents is 1. The fraction of sp³-hybridized carbons (Fsp3) is 0.343. The molecule has 3 atom stereocenters. The van der Waals surface area contributed by atoms with Crippen LogP contribution in [0.3, 0.4) is 0 Å². The zero-order valence-corrected chi connectivity index (χ0v) is 29.8. The van der Waals surface area contributed by atoms with E-state index in [2.05, 4.69) is 10.4 Å². The van der Waals surface area contributed by atoms with Crippen molar-refractivity contribution in [2.45, 2.75) is 50.0 Å². The number of amides is 4. The van der Waals surface area contributed by atoms with Crippen LogP contribution in [0.5, 0.6) is 5.75 Å². The highest BCUT2D eigenvalue weighted by atomic mass is 32.2. The highest BCUT2D eigenvalue weighted by molar-refractivity contribution is 7.92. The molecule has 1 aromatic heterocycles. The molecule has 4 N–H and O–H groups in total. The van der Waals surface area contributed by atoms with Crippen molar-refractivity contribution in [1.82, 2.24) is 24.7 Å². The third-order valence-electron chi connectivity index (χ3n) is 10.5. The average Bonchev–Trinajstić information content (AvgIpc) is 3.77. The van der Waals surface area contributed by atoms with Crippen LogP contribution < -0.4 is 24.1 Å². The molecule has 4 aromatic rings. The predicted molar refractivity (Wildman–Crippen MR) is 190 cm³/mol. The second kappa shape index (κ2) is 12.9. The SMILES string of the molecule is CN1c2cc(C3CCN(C(=O)Cn4cc(-c5ccc6c(F)c(N7CC(=O)NS7(=O)=O)c(O)cc6c5)cn4)CC3(F)F)ccc2N(C2CCC(=O)NC2=O)C1O. The quantitative estimate of drug-likeness (QED) is 0.208. The van der Waals surface area contributed by atoms with Gasteiger partial charge in [0.25, 0.3) is 11.8 Å². The monoisotopic (exact) mass is 782 g/mol. The van der Waals surface area contributed by atoms with E-state index in [0.717, 1.165) is 11.0 Å². The number of anilines is 3. The summed E-state index contributed by atoms with van der Waals surface area (Å²) in [5, 5.41) is 28.2. The maximum atomic E-state index is 15.8. The highest BCUT2D eigenvalue weighted by Crippen LogP contribution is 2.46. The van der Waals surface area contributed by atoms with Gasteiger partial charge >= 0.3 is 10.2 Å². The molecule has 0 radical (unpaired) electrons. The largest absolute Gasteiger partial charge is 0.506 e. The van der Waals surface area contributed by atoms with E-state index in [4.69, 9.17) is 0 Å². The van der Waals surface area contributed by atoms with Crippen molar-refractivity contribution in [3.63, 3.8) is 0 Å². The molecule has 3 fully saturated rings. The topological polar surface area (TPSA) is 198 Å². The molecule has 288 valence electrons. The average molecular weight is 783 g/mol. The van der Waals surface area contributed by atoms with Gasteiger partial charge in [-0.2, -0.15) is 13.5 Å². The van der Waals surface area contributed by atoms with E-state index >= 15 is 13.2 Å². The lowest BCUT2D eigenvalue weighted by atomic mass is 9.85. The number of rotatable bonds is 6. The number of aliphatic hydroxyl groups excluding tert-OH is 1. The third kappa shape index (κ3) is 6.14. The van der Waals surface area contributed by atoms with Gasteiger partial charge in [0.15, 0.2) is 5.82 Å². The van der Waals surface area contributed by atoms with Crippen molar-refractivity contribution in [1.29, 1.82) is 0 Å². The molecule has 3 aromatic carbocycles. The van der Waals surface area contributed by atoms with Gasteiger partial charge in [-0.3, -0.25) is 29.2 Å². The molecule has 4 aliphatic heterocycles. The lowest BCUT2D eigenvalue weighted by Gasteiger charge is -2.38. The highest BCUT2D eigenvalue weighted by Gasteiger charge is 2.48. The molecule has 4 aliphatic rings. The van der Waals surface area contributed by atoms with Gasteiger partial charge in [-0.1, -0.05) is 18.2 Å². The molecule has 0 aliphatic carbocycles. The number of nitrogens with one attached hydrogen (secondary N) is 2. The molecule has 55 heavy (non-hydrogen) atoms. The maximum Gasteiger partial charge on any atom is 0.326 e. The Bertz CT molecular complexity index is 2430. The first kappa shape index (κ1) is 36.1. The predicted octanol–water partition coefficient (Wildman–Crippen LogP) is 1.72. The summed E-state index contributed by atoms with van der Waals surface area (Å²) in [5.74, 6) is -8.72. The van der Waals surface area contributed by atoms with Crippen LogP contribution in [0.4, 0.5) is 30.2 Å². The molecular formula is C35H33F3N8O8S. The van der Waals surface area contributed by atoms with Gasteiger partial charge in [0, 0.05) is 37.2 Å². The summed E-state index contributed by atoms with van der Waals surface area (Å²) in [6.07, 6.45) is 1.93. The van der Waals surface area contributed by atoms with Crippen molar-refractivity contribution in [2.75, 3.05) is 40.8 Å². The summed E-state index contributed by atoms with van der Waals surface area (Å²) in [5.41, 5.74) is 1.55. The fourth-order valence-corrected chi connectivity index (χ4v) is 8.93. The standard InChI is InChI=1S/C35H33F3N8O8S/c1-42-26-11-19(3-5-24(26)46(34(42)52)25-6-7-28(48)40-33(25)51)23-8-9-43(17-35(23,37)38)30(50)16-44-14-21(13-39-44)18-2-4-22-20(10-18)12-27(47)32(31(22)36)45-15-29(49)41-55(45,53)54/h2-5,10-14,23,25,34,47,52H,6-9,15-17H2,1H3,(H,41,49)(H,40,48,51). The Morgan fingerprint density at radius 1 is 1.04 bits per heavy atom. The lowest BCUT2D eigenvalue weighted by molar-refractivity contribution is -0.145. The van der Waals surface area contributed by atoms with Gasteiger partial charge < -0.3 is 24.9 Å². The number of carbonyl (C=O) groups excluding carboxylic acids is 4. The summed E-state index contributed by atoms with van der Waals surface area (Å²) >= 11 is 0. The van der Waals surface area contributed by atoms with Crippen LogP contribution in [-0.2, 0) is 35.9 Å². The van der Waals surface area contributed by atoms with Crippen molar-refractivity contribution in [3.8, 4) is 16.9 Å². The number of likely N-dealkylation sites (tertiary alicyclic amines) is 1. The molecule has 20 heteroatoms. The number of imide groups is 1. The number of piperidine rings is 2. The zero-order valence-electron chi connectivity index (χ0n) is 28.9. The van der Waals surface area contributed by atoms with Crippen LogP contribution >= 0.6 is 0 Å². The molecule has 3 unspecified atom stereocenters. The van der Waals surface area contributed by atoms with Crippen molar-refractivity contribution >= 4 is 61.7 Å². The van der Waals surface area contributed by atoms with Crippen LogP contribution in [0.15, 0.2) is 54.9 Å². The second-order valence-corrected chi connectivity index (χ2v) is 15.5. The number of hydrogen-bond donors (Lipinski definition) is 4. The number of halogens is 3. The molecule has 0 saturated carbocycles. The smallest absolute Gasteiger partial charge is 0.326 e. The molecule has 16 nitrogen and oxygen atoms in total. The molecular weight excluding hydrogens is 749 g/mol. The number of benzene rings is 3. The Kier molecular flexibility index (Phi) is 8.44. The fourth-order valence-electron chi connectivity index (χ4n) is 7.77. The summed E-state index contributed by atoms with van der Waals surface area (Å²) in [6, 6.07) is 9.42. The van der Waals surface area contributed by atoms with E-state index in [1.54, 1.807) is 23.9 Å². The van der Waals surface area contributed by atoms with Gasteiger partial charge in [0.1, 0.15) is 30.6 Å². The number of nitrogens with zero attached hydrogens (tertiary/aromatic N) is 6. The number of aromatic hydroxyl groups is 1. The lowest BCUT2D eigenvalue weighted by Crippen LogP contribution is -2.56. The number of phenols is 1. The summed E-state index contributed by atoms with van der Waals surface area (Å²) in [7, 11) is -2.81. The van der Waals surface area contributed by atoms with E-state index < -0.39 is 88.4 Å². The van der Waals surface area contributed by atoms with Gasteiger partial charge in [0.05, 0.1) is 30.0 Å². The normalized spacial score (nSPS) is 23.3. The Morgan fingerprint density at radius 2 is 1.82 bits per heavy atom. The third-order valence-corrected chi connectivity index (χ3v) is 11.9. The van der Waals surface area contributed by atoms with Gasteiger partial charge in [-0.15, -0.1) is 0 Å². The number of carbonyl (C=O) groups is 4. The molecule has 0 spiro atoms. The number of aliphatic hydroxyl groups is 1. The van der Waals surface area contributed by atoms with Crippen LogP contribution in [0.25, 0.3) is 21.9 Å². The van der Waals surface area contributed by atoms with E-state index in [1.807, 2.05) is 0 Å². The van der Waals surface area contributed by atoms with E-state index in [0.29, 0.717) is 32.4 Å². The Morgan fingerprint density at radius 3 is 2.53 bits per heavy atom. The minimum absolute atomic E-state index is 0.0308. The Hall–Kier alpha value is -5.89. The number of alkyl halides is 2. The van der Waals surface area contributed by atoms with E-state index in [1.165, 1.54) is 51.1 Å². The summed E-state index contributed by atoms with van der Waals surface area (Å²) < 4.78 is 75.1. The van der Waals surface area contributed by atoms with Crippen molar-refractivity contribution in [3.05, 3.63) is 66.2 Å². The second-order valence-electron chi connectivity index (χ2n) is 14.0. The first-order valence-electron chi connectivity index (χ1n) is 17.2. The molecule has 4 amide bonds. The number of hydrogen-bond acceptors (Lipinski definition) is 11. The summed E-state index contributed by atoms with van der Waals surface area (Å²) in [4.78, 5) is 53.2. The first-order valence-corrected chi connectivity index (χ1v) is 18.6. The molecule has 0 bridgehead atoms. The van der Waals surface area contributed by atoms with E-state index in [-0.39, 0.29) is 43.1 Å². The van der Waals surface area contributed by atoms with Crippen molar-refractivity contribution < 1.29 is 51.0 Å². The molecule has 5 heterocycles. The molecule has 8 rings (SSSR count).